The number of hydrogen-bond donors (Lipinski definition) is 1. The van der Waals surface area contributed by atoms with Crippen molar-refractivity contribution < 1.29 is 9.59 Å². The van der Waals surface area contributed by atoms with Gasteiger partial charge < -0.3 is 10.2 Å². The van der Waals surface area contributed by atoms with Gasteiger partial charge in [0, 0.05) is 30.3 Å². The minimum absolute atomic E-state index is 0.0487. The van der Waals surface area contributed by atoms with Crippen LogP contribution >= 0.6 is 23.4 Å². The van der Waals surface area contributed by atoms with Crippen LogP contribution < -0.4 is 5.32 Å². The maximum absolute atomic E-state index is 13.6. The molecule has 35 heavy (non-hydrogen) atoms. The first-order valence-electron chi connectivity index (χ1n) is 12.0. The van der Waals surface area contributed by atoms with Gasteiger partial charge in [-0.25, -0.2) is 0 Å². The first-order valence-corrected chi connectivity index (χ1v) is 13.6. The van der Waals surface area contributed by atoms with Crippen molar-refractivity contribution in [2.45, 2.75) is 44.5 Å². The van der Waals surface area contributed by atoms with E-state index in [4.69, 9.17) is 11.6 Å². The summed E-state index contributed by atoms with van der Waals surface area (Å²) in [6.45, 7) is 3.09. The van der Waals surface area contributed by atoms with Crippen molar-refractivity contribution in [2.24, 2.45) is 0 Å². The van der Waals surface area contributed by atoms with Gasteiger partial charge in [-0.2, -0.15) is 0 Å². The second-order valence-corrected chi connectivity index (χ2v) is 9.90. The van der Waals surface area contributed by atoms with Crippen LogP contribution in [0.25, 0.3) is 0 Å². The van der Waals surface area contributed by atoms with Gasteiger partial charge in [0.15, 0.2) is 0 Å². The van der Waals surface area contributed by atoms with Crippen molar-refractivity contribution in [1.82, 2.24) is 10.2 Å². The van der Waals surface area contributed by atoms with Gasteiger partial charge in [0.25, 0.3) is 0 Å². The molecule has 0 aliphatic heterocycles. The van der Waals surface area contributed by atoms with Crippen molar-refractivity contribution in [3.63, 3.8) is 0 Å². The molecule has 184 valence electrons. The molecule has 3 aromatic carbocycles. The third-order valence-corrected chi connectivity index (χ3v) is 6.90. The summed E-state index contributed by atoms with van der Waals surface area (Å²) >= 11 is 7.64. The fourth-order valence-corrected chi connectivity index (χ4v) is 4.88. The number of thioether (sulfide) groups is 1. The predicted octanol–water partition coefficient (Wildman–Crippen LogP) is 6.13. The topological polar surface area (TPSA) is 49.4 Å². The van der Waals surface area contributed by atoms with E-state index in [-0.39, 0.29) is 17.6 Å². The first kappa shape index (κ1) is 26.8. The summed E-state index contributed by atoms with van der Waals surface area (Å²) in [4.78, 5) is 28.7. The lowest BCUT2D eigenvalue weighted by atomic mass is 10.0. The highest BCUT2D eigenvalue weighted by Gasteiger charge is 2.30. The molecular formula is C29H33ClN2O2S. The molecule has 0 radical (unpaired) electrons. The molecule has 0 bridgehead atoms. The molecule has 0 saturated carbocycles. The lowest BCUT2D eigenvalue weighted by Gasteiger charge is -2.31. The molecule has 0 aromatic heterocycles. The van der Waals surface area contributed by atoms with Crippen LogP contribution in [0, 0.1) is 0 Å². The van der Waals surface area contributed by atoms with E-state index in [0.29, 0.717) is 30.3 Å². The molecule has 0 unspecified atom stereocenters. The van der Waals surface area contributed by atoms with Crippen LogP contribution in [-0.2, 0) is 28.3 Å². The number of unbranched alkanes of at least 4 members (excludes halogenated alkanes) is 1. The molecule has 0 heterocycles. The summed E-state index contributed by atoms with van der Waals surface area (Å²) in [5.41, 5.74) is 3.10. The second-order valence-electron chi connectivity index (χ2n) is 8.48. The van der Waals surface area contributed by atoms with Gasteiger partial charge in [0.2, 0.25) is 11.8 Å². The average molecular weight is 509 g/mol. The quantitative estimate of drug-likeness (QED) is 0.282. The fourth-order valence-electron chi connectivity index (χ4n) is 3.81. The van der Waals surface area contributed by atoms with Crippen molar-refractivity contribution in [3.05, 3.63) is 107 Å². The Bertz CT molecular complexity index is 1060. The molecule has 4 nitrogen and oxygen atoms in total. The number of carbonyl (C=O) groups is 2. The van der Waals surface area contributed by atoms with Gasteiger partial charge in [-0.05, 0) is 35.2 Å². The zero-order valence-electron chi connectivity index (χ0n) is 20.2. The first-order chi connectivity index (χ1) is 17.1. The predicted molar refractivity (Wildman–Crippen MR) is 146 cm³/mol. The third-order valence-electron chi connectivity index (χ3n) is 5.68. The zero-order valence-corrected chi connectivity index (χ0v) is 21.7. The van der Waals surface area contributed by atoms with Gasteiger partial charge in [0.1, 0.15) is 6.04 Å². The number of benzene rings is 3. The minimum Gasteiger partial charge on any atom is -0.354 e. The summed E-state index contributed by atoms with van der Waals surface area (Å²) < 4.78 is 0. The number of amides is 2. The Hall–Kier alpha value is -2.76. The fraction of sp³-hybridized carbons (Fsp3) is 0.310. The Kier molecular flexibility index (Phi) is 11.2. The zero-order chi connectivity index (χ0) is 24.9. The Balaban J connectivity index is 1.80. The van der Waals surface area contributed by atoms with Crippen molar-refractivity contribution in [3.8, 4) is 0 Å². The van der Waals surface area contributed by atoms with E-state index in [1.807, 2.05) is 84.9 Å². The second kappa shape index (κ2) is 14.6. The Morgan fingerprint density at radius 3 is 2.23 bits per heavy atom. The van der Waals surface area contributed by atoms with Gasteiger partial charge in [-0.15, -0.1) is 11.8 Å². The normalized spacial score (nSPS) is 11.6. The lowest BCUT2D eigenvalue weighted by molar-refractivity contribution is -0.139. The molecule has 0 saturated heterocycles. The molecular weight excluding hydrogens is 476 g/mol. The number of nitrogens with zero attached hydrogens (tertiary/aromatic N) is 1. The molecule has 2 amide bonds. The molecule has 1 N–H and O–H groups in total. The van der Waals surface area contributed by atoms with Crippen LogP contribution in [0.1, 0.15) is 36.5 Å². The van der Waals surface area contributed by atoms with Gasteiger partial charge in [0.05, 0.1) is 5.75 Å². The molecule has 1 atom stereocenters. The van der Waals surface area contributed by atoms with Crippen molar-refractivity contribution >= 4 is 35.2 Å². The maximum Gasteiger partial charge on any atom is 0.243 e. The number of hydrogen-bond acceptors (Lipinski definition) is 3. The number of halogens is 1. The smallest absolute Gasteiger partial charge is 0.243 e. The SMILES string of the molecule is CCCCNC(=O)[C@@H](Cc1ccccc1)N(Cc1ccccc1)C(=O)CSCc1cccc(Cl)c1. The van der Waals surface area contributed by atoms with Crippen molar-refractivity contribution in [1.29, 1.82) is 0 Å². The molecule has 0 fully saturated rings. The Labute approximate surface area is 218 Å². The maximum atomic E-state index is 13.6. The Morgan fingerprint density at radius 2 is 1.57 bits per heavy atom. The highest BCUT2D eigenvalue weighted by molar-refractivity contribution is 7.99. The number of nitrogens with one attached hydrogen (secondary N) is 1. The molecule has 3 aromatic rings. The van der Waals surface area contributed by atoms with Gasteiger partial charge in [-0.1, -0.05) is 97.7 Å². The molecule has 0 spiro atoms. The van der Waals surface area contributed by atoms with Crippen LogP contribution in [0.5, 0.6) is 0 Å². The van der Waals surface area contributed by atoms with E-state index < -0.39 is 6.04 Å². The Morgan fingerprint density at radius 1 is 0.914 bits per heavy atom. The van der Waals surface area contributed by atoms with E-state index in [9.17, 15) is 9.59 Å². The summed E-state index contributed by atoms with van der Waals surface area (Å²) in [6.07, 6.45) is 2.37. The summed E-state index contributed by atoms with van der Waals surface area (Å²) in [6, 6.07) is 26.8. The molecule has 6 heteroatoms. The van der Waals surface area contributed by atoms with Crippen LogP contribution in [0.3, 0.4) is 0 Å². The highest BCUT2D eigenvalue weighted by Crippen LogP contribution is 2.20. The van der Waals surface area contributed by atoms with Crippen LogP contribution in [0.2, 0.25) is 5.02 Å². The summed E-state index contributed by atoms with van der Waals surface area (Å²) in [5, 5.41) is 3.75. The van der Waals surface area contributed by atoms with E-state index in [0.717, 1.165) is 29.5 Å². The van der Waals surface area contributed by atoms with Crippen LogP contribution in [-0.4, -0.2) is 35.1 Å². The molecule has 0 aliphatic rings. The van der Waals surface area contributed by atoms with Crippen LogP contribution in [0.15, 0.2) is 84.9 Å². The summed E-state index contributed by atoms with van der Waals surface area (Å²) in [5.74, 6) is 0.809. The van der Waals surface area contributed by atoms with E-state index >= 15 is 0 Å². The lowest BCUT2D eigenvalue weighted by Crippen LogP contribution is -2.51. The summed E-state index contributed by atoms with van der Waals surface area (Å²) in [7, 11) is 0. The van der Waals surface area contributed by atoms with E-state index in [1.165, 1.54) is 11.8 Å². The third kappa shape index (κ3) is 9.08. The van der Waals surface area contributed by atoms with E-state index in [2.05, 4.69) is 12.2 Å². The van der Waals surface area contributed by atoms with Crippen molar-refractivity contribution in [2.75, 3.05) is 12.3 Å². The van der Waals surface area contributed by atoms with Crippen LogP contribution in [0.4, 0.5) is 0 Å². The minimum atomic E-state index is -0.589. The van der Waals surface area contributed by atoms with Gasteiger partial charge >= 0.3 is 0 Å². The van der Waals surface area contributed by atoms with E-state index in [1.54, 1.807) is 4.90 Å². The number of carbonyl (C=O) groups excluding carboxylic acids is 2. The highest BCUT2D eigenvalue weighted by atomic mass is 35.5. The molecule has 0 aliphatic carbocycles. The largest absolute Gasteiger partial charge is 0.354 e. The number of rotatable bonds is 13. The van der Waals surface area contributed by atoms with Gasteiger partial charge in [-0.3, -0.25) is 9.59 Å². The average Bonchev–Trinajstić information content (AvgIpc) is 2.87. The monoisotopic (exact) mass is 508 g/mol. The molecule has 3 rings (SSSR count). The standard InChI is InChI=1S/C29H33ClN2O2S/c1-2-3-17-31-29(34)27(19-23-11-6-4-7-12-23)32(20-24-13-8-5-9-14-24)28(33)22-35-21-25-15-10-16-26(30)18-25/h4-16,18,27H,2-3,17,19-22H2,1H3,(H,31,34)/t27-/m1/s1.